The number of carbonyl (C=O) groups excluding carboxylic acids is 2. The number of ketones is 2. The molecular weight excluding hydrogens is 275 g/mol. The lowest BCUT2D eigenvalue weighted by Gasteiger charge is -2.05. The lowest BCUT2D eigenvalue weighted by molar-refractivity contribution is -0.121. The third kappa shape index (κ3) is 3.23. The summed E-state index contributed by atoms with van der Waals surface area (Å²) in [7, 11) is 0. The fourth-order valence-electron chi connectivity index (χ4n) is 1.17. The largest absolute Gasteiger partial charge is 0.299 e. The van der Waals surface area contributed by atoms with Crippen LogP contribution in [0.2, 0.25) is 0 Å². The highest BCUT2D eigenvalue weighted by molar-refractivity contribution is 9.10. The Morgan fingerprint density at radius 2 is 2.00 bits per heavy atom. The van der Waals surface area contributed by atoms with Crippen molar-refractivity contribution >= 4 is 27.5 Å². The van der Waals surface area contributed by atoms with Gasteiger partial charge < -0.3 is 0 Å². The number of Topliss-reactive ketones (excluding diaryl/α,β-unsaturated/α-hetero) is 2. The fraction of sp³-hybridized carbons (Fsp3) is 0.333. The molecule has 0 aliphatic carbocycles. The van der Waals surface area contributed by atoms with Crippen molar-refractivity contribution in [2.24, 2.45) is 5.92 Å². The van der Waals surface area contributed by atoms with E-state index in [9.17, 15) is 14.0 Å². The first-order valence-electron chi connectivity index (χ1n) is 4.92. The van der Waals surface area contributed by atoms with Crippen LogP contribution in [0, 0.1) is 11.7 Å². The van der Waals surface area contributed by atoms with Crippen molar-refractivity contribution < 1.29 is 14.0 Å². The van der Waals surface area contributed by atoms with E-state index in [1.165, 1.54) is 18.2 Å². The second kappa shape index (κ2) is 5.34. The van der Waals surface area contributed by atoms with Gasteiger partial charge in [0.05, 0.1) is 12.0 Å². The topological polar surface area (TPSA) is 34.1 Å². The molecule has 86 valence electrons. The predicted octanol–water partition coefficient (Wildman–Crippen LogP) is 3.39. The van der Waals surface area contributed by atoms with Crippen LogP contribution < -0.4 is 0 Å². The van der Waals surface area contributed by atoms with Crippen LogP contribution in [-0.2, 0) is 4.79 Å². The van der Waals surface area contributed by atoms with Gasteiger partial charge in [0, 0.05) is 10.4 Å². The maximum Gasteiger partial charge on any atom is 0.173 e. The minimum atomic E-state index is -0.593. The van der Waals surface area contributed by atoms with E-state index in [2.05, 4.69) is 15.9 Å². The summed E-state index contributed by atoms with van der Waals surface area (Å²) in [6.07, 6.45) is -0.245. The first-order valence-corrected chi connectivity index (χ1v) is 5.72. The predicted molar refractivity (Wildman–Crippen MR) is 62.9 cm³/mol. The zero-order valence-electron chi connectivity index (χ0n) is 9.09. The Labute approximate surface area is 102 Å². The van der Waals surface area contributed by atoms with Gasteiger partial charge in [0.25, 0.3) is 0 Å². The van der Waals surface area contributed by atoms with Gasteiger partial charge in [-0.25, -0.2) is 4.39 Å². The number of hydrogen-bond donors (Lipinski definition) is 0. The van der Waals surface area contributed by atoms with Crippen LogP contribution in [0.15, 0.2) is 22.7 Å². The number of carbonyl (C=O) groups is 2. The molecule has 0 unspecified atom stereocenters. The standard InChI is InChI=1S/C12H12BrFO2/c1-7(2)11(15)6-12(16)9-5-8(13)3-4-10(9)14/h3-5,7H,6H2,1-2H3. The maximum atomic E-state index is 13.3. The Hall–Kier alpha value is -1.03. The monoisotopic (exact) mass is 286 g/mol. The van der Waals surface area contributed by atoms with E-state index < -0.39 is 11.6 Å². The SMILES string of the molecule is CC(C)C(=O)CC(=O)c1cc(Br)ccc1F. The molecule has 0 aliphatic heterocycles. The highest BCUT2D eigenvalue weighted by Crippen LogP contribution is 2.17. The van der Waals surface area contributed by atoms with Crippen LogP contribution in [0.4, 0.5) is 4.39 Å². The van der Waals surface area contributed by atoms with Crippen LogP contribution in [-0.4, -0.2) is 11.6 Å². The van der Waals surface area contributed by atoms with E-state index in [0.717, 1.165) is 0 Å². The second-order valence-electron chi connectivity index (χ2n) is 3.85. The van der Waals surface area contributed by atoms with Gasteiger partial charge in [-0.1, -0.05) is 29.8 Å². The molecule has 0 bridgehead atoms. The molecule has 1 rings (SSSR count). The van der Waals surface area contributed by atoms with Gasteiger partial charge in [-0.15, -0.1) is 0 Å². The molecule has 16 heavy (non-hydrogen) atoms. The summed E-state index contributed by atoms with van der Waals surface area (Å²) in [4.78, 5) is 23.0. The molecule has 0 atom stereocenters. The molecule has 4 heteroatoms. The summed E-state index contributed by atoms with van der Waals surface area (Å²) < 4.78 is 13.9. The van der Waals surface area contributed by atoms with Crippen molar-refractivity contribution in [1.82, 2.24) is 0 Å². The first-order chi connectivity index (χ1) is 7.41. The molecule has 0 N–H and O–H groups in total. The highest BCUT2D eigenvalue weighted by atomic mass is 79.9. The van der Waals surface area contributed by atoms with Crippen LogP contribution in [0.5, 0.6) is 0 Å². The summed E-state index contributed by atoms with van der Waals surface area (Å²) in [5.41, 5.74) is -0.0385. The number of halogens is 2. The van der Waals surface area contributed by atoms with Crippen molar-refractivity contribution in [1.29, 1.82) is 0 Å². The van der Waals surface area contributed by atoms with Crippen molar-refractivity contribution in [2.45, 2.75) is 20.3 Å². The number of hydrogen-bond acceptors (Lipinski definition) is 2. The molecule has 0 fully saturated rings. The van der Waals surface area contributed by atoms with Crippen molar-refractivity contribution in [3.05, 3.63) is 34.1 Å². The summed E-state index contributed by atoms with van der Waals surface area (Å²) in [5.74, 6) is -1.45. The second-order valence-corrected chi connectivity index (χ2v) is 4.76. The van der Waals surface area contributed by atoms with E-state index in [1.807, 2.05) is 0 Å². The van der Waals surface area contributed by atoms with E-state index in [1.54, 1.807) is 13.8 Å². The Bertz CT molecular complexity index is 427. The number of benzene rings is 1. The molecule has 1 aromatic carbocycles. The van der Waals surface area contributed by atoms with Crippen LogP contribution in [0.3, 0.4) is 0 Å². The van der Waals surface area contributed by atoms with Crippen LogP contribution in [0.25, 0.3) is 0 Å². The molecule has 1 aromatic rings. The molecule has 0 aliphatic rings. The zero-order chi connectivity index (χ0) is 12.3. The molecule has 0 amide bonds. The minimum Gasteiger partial charge on any atom is -0.299 e. The normalized spacial score (nSPS) is 10.6. The van der Waals surface area contributed by atoms with E-state index in [0.29, 0.717) is 4.47 Å². The molecule has 0 radical (unpaired) electrons. The first kappa shape index (κ1) is 13.0. The lowest BCUT2D eigenvalue weighted by Crippen LogP contribution is -2.14. The number of rotatable bonds is 4. The third-order valence-electron chi connectivity index (χ3n) is 2.21. The Balaban J connectivity index is 2.88. The highest BCUT2D eigenvalue weighted by Gasteiger charge is 2.17. The van der Waals surface area contributed by atoms with Gasteiger partial charge in [-0.05, 0) is 18.2 Å². The third-order valence-corrected chi connectivity index (χ3v) is 2.70. The molecule has 0 saturated heterocycles. The van der Waals surface area contributed by atoms with Gasteiger partial charge in [0.2, 0.25) is 0 Å². The summed E-state index contributed by atoms with van der Waals surface area (Å²) in [6, 6.07) is 4.11. The zero-order valence-corrected chi connectivity index (χ0v) is 10.7. The Morgan fingerprint density at radius 1 is 1.38 bits per heavy atom. The molecule has 0 spiro atoms. The smallest absolute Gasteiger partial charge is 0.173 e. The average Bonchev–Trinajstić information content (AvgIpc) is 2.21. The van der Waals surface area contributed by atoms with Crippen LogP contribution >= 0.6 is 15.9 Å². The van der Waals surface area contributed by atoms with Gasteiger partial charge in [0.15, 0.2) is 5.78 Å². The maximum absolute atomic E-state index is 13.3. The average molecular weight is 287 g/mol. The molecule has 0 heterocycles. The fourth-order valence-corrected chi connectivity index (χ4v) is 1.53. The summed E-state index contributed by atoms with van der Waals surface area (Å²) >= 11 is 3.16. The molecule has 0 aromatic heterocycles. The van der Waals surface area contributed by atoms with Gasteiger partial charge in [-0.3, -0.25) is 9.59 Å². The van der Waals surface area contributed by atoms with Crippen molar-refractivity contribution in [3.63, 3.8) is 0 Å². The Kier molecular flexibility index (Phi) is 4.35. The van der Waals surface area contributed by atoms with Crippen molar-refractivity contribution in [3.8, 4) is 0 Å². The van der Waals surface area contributed by atoms with Gasteiger partial charge in [0.1, 0.15) is 11.6 Å². The van der Waals surface area contributed by atoms with E-state index in [4.69, 9.17) is 0 Å². The minimum absolute atomic E-state index is 0.0385. The van der Waals surface area contributed by atoms with Gasteiger partial charge in [-0.2, -0.15) is 0 Å². The summed E-state index contributed by atoms with van der Waals surface area (Å²) in [6.45, 7) is 3.43. The molecular formula is C12H12BrFO2. The van der Waals surface area contributed by atoms with Gasteiger partial charge >= 0.3 is 0 Å². The lowest BCUT2D eigenvalue weighted by atomic mass is 10.00. The van der Waals surface area contributed by atoms with Crippen LogP contribution in [0.1, 0.15) is 30.6 Å². The van der Waals surface area contributed by atoms with Crippen molar-refractivity contribution in [2.75, 3.05) is 0 Å². The quantitative estimate of drug-likeness (QED) is 0.628. The molecule has 0 saturated carbocycles. The molecule has 2 nitrogen and oxygen atoms in total. The van der Waals surface area contributed by atoms with E-state index in [-0.39, 0.29) is 23.7 Å². The summed E-state index contributed by atoms with van der Waals surface area (Å²) in [5, 5.41) is 0. The van der Waals surface area contributed by atoms with E-state index >= 15 is 0 Å². The Morgan fingerprint density at radius 3 is 2.56 bits per heavy atom.